The molecule has 3 fully saturated rings. The molecular weight excluding hydrogens is 268 g/mol. The number of likely N-dealkylation sites (tertiary alicyclic amines) is 1. The lowest BCUT2D eigenvalue weighted by Crippen LogP contribution is -2.54. The van der Waals surface area contributed by atoms with Crippen molar-refractivity contribution in [2.75, 3.05) is 6.54 Å². The molecule has 104 valence electrons. The summed E-state index contributed by atoms with van der Waals surface area (Å²) in [5.74, 6) is 0.663. The fourth-order valence-electron chi connectivity index (χ4n) is 5.29. The van der Waals surface area contributed by atoms with Gasteiger partial charge in [-0.1, -0.05) is 19.9 Å². The lowest BCUT2D eigenvalue weighted by Gasteiger charge is -2.42. The van der Waals surface area contributed by atoms with Crippen LogP contribution in [0.15, 0.2) is 17.5 Å². The summed E-state index contributed by atoms with van der Waals surface area (Å²) in [6.45, 7) is 5.29. The molecule has 1 amide bonds. The van der Waals surface area contributed by atoms with Gasteiger partial charge in [0.2, 0.25) is 0 Å². The van der Waals surface area contributed by atoms with Crippen LogP contribution >= 0.6 is 11.3 Å². The zero-order valence-corrected chi connectivity index (χ0v) is 12.7. The first-order valence-corrected chi connectivity index (χ1v) is 8.13. The van der Waals surface area contributed by atoms with Gasteiger partial charge in [0.15, 0.2) is 0 Å². The molecule has 3 nitrogen and oxygen atoms in total. The molecule has 1 aromatic heterocycles. The van der Waals surface area contributed by atoms with E-state index in [1.807, 2.05) is 22.4 Å². The Morgan fingerprint density at radius 1 is 1.55 bits per heavy atom. The Kier molecular flexibility index (Phi) is 2.14. The van der Waals surface area contributed by atoms with Crippen molar-refractivity contribution >= 4 is 17.2 Å². The van der Waals surface area contributed by atoms with Gasteiger partial charge < -0.3 is 4.90 Å². The van der Waals surface area contributed by atoms with Crippen LogP contribution in [-0.4, -0.2) is 22.9 Å². The van der Waals surface area contributed by atoms with E-state index in [-0.39, 0.29) is 16.7 Å². The number of carbonyl (C=O) groups is 1. The van der Waals surface area contributed by atoms with E-state index in [4.69, 9.17) is 0 Å². The molecule has 4 heteroatoms. The van der Waals surface area contributed by atoms with Gasteiger partial charge in [0, 0.05) is 12.0 Å². The second-order valence-electron chi connectivity index (χ2n) is 7.03. The number of rotatable bonds is 1. The van der Waals surface area contributed by atoms with E-state index < -0.39 is 5.54 Å². The van der Waals surface area contributed by atoms with Gasteiger partial charge >= 0.3 is 0 Å². The maximum absolute atomic E-state index is 12.8. The predicted molar refractivity (Wildman–Crippen MR) is 77.3 cm³/mol. The first kappa shape index (κ1) is 12.4. The fourth-order valence-corrected chi connectivity index (χ4v) is 5.96. The predicted octanol–water partition coefficient (Wildman–Crippen LogP) is 3.29. The quantitative estimate of drug-likeness (QED) is 0.795. The average molecular weight is 286 g/mol. The molecule has 0 N–H and O–H groups in total. The average Bonchev–Trinajstić information content (AvgIpc) is 3.13. The lowest BCUT2D eigenvalue weighted by molar-refractivity contribution is 0.0435. The van der Waals surface area contributed by atoms with E-state index in [9.17, 15) is 10.1 Å². The SMILES string of the molecule is C[C@@]12CC[C@@H]3C[C@]1(C#N)N(C(=O)c1cccs1)C[C@]32C. The number of hydrogen-bond acceptors (Lipinski definition) is 3. The Hall–Kier alpha value is -1.34. The molecule has 0 unspecified atom stereocenters. The van der Waals surface area contributed by atoms with Crippen LogP contribution in [0.5, 0.6) is 0 Å². The monoisotopic (exact) mass is 286 g/mol. The van der Waals surface area contributed by atoms with Crippen molar-refractivity contribution in [2.45, 2.75) is 38.6 Å². The fraction of sp³-hybridized carbons (Fsp3) is 0.625. The topological polar surface area (TPSA) is 44.1 Å². The van der Waals surface area contributed by atoms with Crippen molar-refractivity contribution in [2.24, 2.45) is 16.7 Å². The Labute approximate surface area is 123 Å². The molecule has 0 radical (unpaired) electrons. The molecule has 0 spiro atoms. The van der Waals surface area contributed by atoms with Crippen LogP contribution in [0, 0.1) is 28.1 Å². The molecule has 20 heavy (non-hydrogen) atoms. The molecule has 1 aromatic rings. The van der Waals surface area contributed by atoms with Crippen molar-refractivity contribution in [1.29, 1.82) is 5.26 Å². The number of hydrogen-bond donors (Lipinski definition) is 0. The van der Waals surface area contributed by atoms with Crippen LogP contribution in [0.4, 0.5) is 0 Å². The molecule has 1 aliphatic heterocycles. The maximum atomic E-state index is 12.8. The van der Waals surface area contributed by atoms with Gasteiger partial charge in [0.25, 0.3) is 5.91 Å². The normalized spacial score (nSPS) is 44.9. The maximum Gasteiger partial charge on any atom is 0.265 e. The highest BCUT2D eigenvalue weighted by molar-refractivity contribution is 7.12. The molecule has 2 saturated carbocycles. The minimum atomic E-state index is -0.578. The van der Waals surface area contributed by atoms with E-state index in [1.54, 1.807) is 0 Å². The Balaban J connectivity index is 1.82. The largest absolute Gasteiger partial charge is 0.318 e. The van der Waals surface area contributed by atoms with Gasteiger partial charge in [-0.15, -0.1) is 11.3 Å². The summed E-state index contributed by atoms with van der Waals surface area (Å²) in [7, 11) is 0. The number of thiophene rings is 1. The van der Waals surface area contributed by atoms with Crippen LogP contribution in [0.3, 0.4) is 0 Å². The number of nitrogens with zero attached hydrogens (tertiary/aromatic N) is 2. The summed E-state index contributed by atoms with van der Waals surface area (Å²) in [5.41, 5.74) is -0.492. The van der Waals surface area contributed by atoms with Crippen LogP contribution < -0.4 is 0 Å². The van der Waals surface area contributed by atoms with Gasteiger partial charge in [-0.05, 0) is 42.0 Å². The van der Waals surface area contributed by atoms with E-state index in [1.165, 1.54) is 17.8 Å². The highest BCUT2D eigenvalue weighted by atomic mass is 32.1. The summed E-state index contributed by atoms with van der Waals surface area (Å²) in [6.07, 6.45) is 3.17. The Morgan fingerprint density at radius 2 is 2.35 bits per heavy atom. The third-order valence-corrected chi connectivity index (χ3v) is 7.58. The van der Waals surface area contributed by atoms with E-state index in [0.29, 0.717) is 5.92 Å². The summed E-state index contributed by atoms with van der Waals surface area (Å²) < 4.78 is 0. The second kappa shape index (κ2) is 3.46. The molecule has 4 bridgehead atoms. The first-order chi connectivity index (χ1) is 9.48. The van der Waals surface area contributed by atoms with E-state index in [0.717, 1.165) is 24.3 Å². The summed E-state index contributed by atoms with van der Waals surface area (Å²) in [4.78, 5) is 15.5. The zero-order valence-electron chi connectivity index (χ0n) is 11.8. The zero-order chi connectivity index (χ0) is 14.2. The van der Waals surface area contributed by atoms with Crippen molar-refractivity contribution in [3.63, 3.8) is 0 Å². The first-order valence-electron chi connectivity index (χ1n) is 7.25. The smallest absolute Gasteiger partial charge is 0.265 e. The summed E-state index contributed by atoms with van der Waals surface area (Å²) in [6, 6.07) is 6.34. The minimum Gasteiger partial charge on any atom is -0.318 e. The van der Waals surface area contributed by atoms with Gasteiger partial charge in [0.1, 0.15) is 5.54 Å². The second-order valence-corrected chi connectivity index (χ2v) is 7.98. The van der Waals surface area contributed by atoms with Gasteiger partial charge in [0.05, 0.1) is 10.9 Å². The van der Waals surface area contributed by atoms with Gasteiger partial charge in [-0.2, -0.15) is 5.26 Å². The molecule has 4 atom stereocenters. The number of amides is 1. The molecule has 1 saturated heterocycles. The highest BCUT2D eigenvalue weighted by Gasteiger charge is 2.78. The van der Waals surface area contributed by atoms with Crippen molar-refractivity contribution in [3.8, 4) is 6.07 Å². The number of nitriles is 1. The van der Waals surface area contributed by atoms with Gasteiger partial charge in [-0.25, -0.2) is 0 Å². The molecule has 2 aliphatic carbocycles. The van der Waals surface area contributed by atoms with Crippen molar-refractivity contribution < 1.29 is 4.79 Å². The molecule has 4 rings (SSSR count). The molecule has 3 aliphatic rings. The molecular formula is C16H18N2OS. The third-order valence-electron chi connectivity index (χ3n) is 6.72. The standard InChI is InChI=1S/C16H18N2OS/c1-14-10-18(13(19)12-4-3-7-20-12)16(9-17)8-11(14)5-6-15(14,16)2/h3-4,7,11H,5-6,8,10H2,1-2H3/t11-,14-,15+,16-/m1/s1. The van der Waals surface area contributed by atoms with E-state index >= 15 is 0 Å². The third kappa shape index (κ3) is 1.04. The Morgan fingerprint density at radius 3 is 2.95 bits per heavy atom. The van der Waals surface area contributed by atoms with Crippen LogP contribution in [0.2, 0.25) is 0 Å². The lowest BCUT2D eigenvalue weighted by atomic mass is 9.66. The van der Waals surface area contributed by atoms with Crippen molar-refractivity contribution in [1.82, 2.24) is 4.90 Å². The number of carbonyl (C=O) groups excluding carboxylic acids is 1. The van der Waals surface area contributed by atoms with Crippen LogP contribution in [-0.2, 0) is 0 Å². The molecule has 0 aromatic carbocycles. The van der Waals surface area contributed by atoms with Crippen LogP contribution in [0.1, 0.15) is 42.8 Å². The van der Waals surface area contributed by atoms with Gasteiger partial charge in [-0.3, -0.25) is 4.79 Å². The summed E-state index contributed by atoms with van der Waals surface area (Å²) >= 11 is 1.47. The van der Waals surface area contributed by atoms with E-state index in [2.05, 4.69) is 19.9 Å². The highest BCUT2D eigenvalue weighted by Crippen LogP contribution is 2.75. The summed E-state index contributed by atoms with van der Waals surface area (Å²) in [5, 5.41) is 11.8. The minimum absolute atomic E-state index is 0.0354. The van der Waals surface area contributed by atoms with Crippen LogP contribution in [0.25, 0.3) is 0 Å². The van der Waals surface area contributed by atoms with Crippen molar-refractivity contribution in [3.05, 3.63) is 22.4 Å². The Bertz CT molecular complexity index is 633. The number of piperidine rings is 1. The molecule has 2 heterocycles.